The van der Waals surface area contributed by atoms with Gasteiger partial charge in [0.2, 0.25) is 10.0 Å². The molecule has 0 atom stereocenters. The number of rotatable bonds is 5. The highest BCUT2D eigenvalue weighted by Crippen LogP contribution is 2.23. The summed E-state index contributed by atoms with van der Waals surface area (Å²) in [5.74, 6) is 0.0369. The zero-order valence-electron chi connectivity index (χ0n) is 11.6. The van der Waals surface area contributed by atoms with Crippen LogP contribution < -0.4 is 10.5 Å². The molecule has 1 aromatic rings. The molecule has 0 fully saturated rings. The highest BCUT2D eigenvalue weighted by atomic mass is 32.2. The van der Waals surface area contributed by atoms with Crippen LogP contribution in [0.15, 0.2) is 4.90 Å². The summed E-state index contributed by atoms with van der Waals surface area (Å²) in [5, 5.41) is 3.93. The van der Waals surface area contributed by atoms with Crippen LogP contribution in [0.25, 0.3) is 0 Å². The predicted molar refractivity (Wildman–Crippen MR) is 71.7 cm³/mol. The molecule has 18 heavy (non-hydrogen) atoms. The van der Waals surface area contributed by atoms with Gasteiger partial charge in [-0.1, -0.05) is 13.3 Å². The van der Waals surface area contributed by atoms with E-state index in [1.54, 1.807) is 14.0 Å². The van der Waals surface area contributed by atoms with Crippen molar-refractivity contribution in [2.75, 3.05) is 5.73 Å². The fourth-order valence-corrected chi connectivity index (χ4v) is 3.81. The van der Waals surface area contributed by atoms with Gasteiger partial charge in [-0.15, -0.1) is 0 Å². The first-order chi connectivity index (χ1) is 8.10. The SMILES string of the molecule is CCCC(C)(C)NS(=O)(=O)c1c(N)nn(C)c1C. The van der Waals surface area contributed by atoms with Crippen LogP contribution in [-0.4, -0.2) is 23.7 Å². The Hall–Kier alpha value is -1.08. The van der Waals surface area contributed by atoms with Gasteiger partial charge in [-0.25, -0.2) is 13.1 Å². The molecule has 0 radical (unpaired) electrons. The van der Waals surface area contributed by atoms with E-state index in [9.17, 15) is 8.42 Å². The molecule has 3 N–H and O–H groups in total. The second kappa shape index (κ2) is 4.89. The summed E-state index contributed by atoms with van der Waals surface area (Å²) < 4.78 is 28.8. The Balaban J connectivity index is 3.15. The Bertz CT molecular complexity index is 531. The van der Waals surface area contributed by atoms with Gasteiger partial charge in [0.25, 0.3) is 0 Å². The highest BCUT2D eigenvalue weighted by Gasteiger charge is 2.30. The van der Waals surface area contributed by atoms with E-state index >= 15 is 0 Å². The number of hydrogen-bond acceptors (Lipinski definition) is 4. The number of aryl methyl sites for hydroxylation is 1. The third kappa shape index (κ3) is 3.02. The van der Waals surface area contributed by atoms with Crippen LogP contribution in [0.2, 0.25) is 0 Å². The molecule has 0 unspecified atom stereocenters. The van der Waals surface area contributed by atoms with E-state index in [0.717, 1.165) is 12.8 Å². The van der Waals surface area contributed by atoms with Crippen molar-refractivity contribution >= 4 is 15.8 Å². The van der Waals surface area contributed by atoms with E-state index in [-0.39, 0.29) is 10.7 Å². The van der Waals surface area contributed by atoms with Gasteiger partial charge in [0.05, 0.1) is 5.69 Å². The molecule has 0 aliphatic carbocycles. The van der Waals surface area contributed by atoms with Crippen molar-refractivity contribution in [3.63, 3.8) is 0 Å². The summed E-state index contributed by atoms with van der Waals surface area (Å²) >= 11 is 0. The van der Waals surface area contributed by atoms with Gasteiger partial charge in [0, 0.05) is 12.6 Å². The van der Waals surface area contributed by atoms with Gasteiger partial charge in [-0.3, -0.25) is 4.68 Å². The zero-order valence-corrected chi connectivity index (χ0v) is 12.4. The zero-order chi connectivity index (χ0) is 14.1. The number of nitrogens with one attached hydrogen (secondary N) is 1. The quantitative estimate of drug-likeness (QED) is 0.843. The van der Waals surface area contributed by atoms with Gasteiger partial charge in [0.1, 0.15) is 4.90 Å². The van der Waals surface area contributed by atoms with E-state index in [2.05, 4.69) is 9.82 Å². The van der Waals surface area contributed by atoms with E-state index < -0.39 is 15.6 Å². The molecule has 0 spiro atoms. The first-order valence-electron chi connectivity index (χ1n) is 5.94. The van der Waals surface area contributed by atoms with Gasteiger partial charge in [-0.2, -0.15) is 5.10 Å². The summed E-state index contributed by atoms with van der Waals surface area (Å²) in [6, 6.07) is 0. The molecule has 104 valence electrons. The Morgan fingerprint density at radius 1 is 1.44 bits per heavy atom. The van der Waals surface area contributed by atoms with E-state index in [1.807, 2.05) is 20.8 Å². The third-order valence-electron chi connectivity index (χ3n) is 2.86. The number of anilines is 1. The Kier molecular flexibility index (Phi) is 4.07. The third-order valence-corrected chi connectivity index (χ3v) is 4.72. The van der Waals surface area contributed by atoms with E-state index in [0.29, 0.717) is 5.69 Å². The van der Waals surface area contributed by atoms with Crippen molar-refractivity contribution in [1.82, 2.24) is 14.5 Å². The number of nitrogens with zero attached hydrogens (tertiary/aromatic N) is 2. The molecule has 0 aromatic carbocycles. The van der Waals surface area contributed by atoms with Crippen molar-refractivity contribution in [2.45, 2.75) is 51.0 Å². The van der Waals surface area contributed by atoms with Crippen molar-refractivity contribution in [3.8, 4) is 0 Å². The minimum atomic E-state index is -3.64. The molecule has 0 aliphatic heterocycles. The molecular formula is C11H22N4O2S. The lowest BCUT2D eigenvalue weighted by Crippen LogP contribution is -2.43. The number of sulfonamides is 1. The highest BCUT2D eigenvalue weighted by molar-refractivity contribution is 7.89. The smallest absolute Gasteiger partial charge is 0.246 e. The van der Waals surface area contributed by atoms with Crippen LogP contribution in [0.4, 0.5) is 5.82 Å². The van der Waals surface area contributed by atoms with Crippen molar-refractivity contribution in [2.24, 2.45) is 7.05 Å². The van der Waals surface area contributed by atoms with Crippen molar-refractivity contribution in [3.05, 3.63) is 5.69 Å². The Labute approximate surface area is 109 Å². The average molecular weight is 274 g/mol. The monoisotopic (exact) mass is 274 g/mol. The van der Waals surface area contributed by atoms with Crippen LogP contribution >= 0.6 is 0 Å². The lowest BCUT2D eigenvalue weighted by molar-refractivity contribution is 0.417. The molecule has 0 saturated carbocycles. The van der Waals surface area contributed by atoms with Crippen LogP contribution in [0.3, 0.4) is 0 Å². The molecule has 1 heterocycles. The molecule has 0 amide bonds. The minimum absolute atomic E-state index is 0.0369. The van der Waals surface area contributed by atoms with Gasteiger partial charge in [-0.05, 0) is 27.2 Å². The average Bonchev–Trinajstić information content (AvgIpc) is 2.38. The van der Waals surface area contributed by atoms with Crippen LogP contribution in [0.5, 0.6) is 0 Å². The standard InChI is InChI=1S/C11H22N4O2S/c1-6-7-11(3,4)14-18(16,17)9-8(2)15(5)13-10(9)12/h14H,6-7H2,1-5H3,(H2,12,13). The summed E-state index contributed by atoms with van der Waals surface area (Å²) in [6.07, 6.45) is 1.66. The normalized spacial score (nSPS) is 12.9. The predicted octanol–water partition coefficient (Wildman–Crippen LogP) is 1.17. The minimum Gasteiger partial charge on any atom is -0.381 e. The summed E-state index contributed by atoms with van der Waals surface area (Å²) in [7, 11) is -1.97. The lowest BCUT2D eigenvalue weighted by atomic mass is 10.0. The fraction of sp³-hybridized carbons (Fsp3) is 0.727. The Morgan fingerprint density at radius 2 is 2.00 bits per heavy atom. The van der Waals surface area contributed by atoms with Gasteiger partial charge >= 0.3 is 0 Å². The fourth-order valence-electron chi connectivity index (χ4n) is 2.04. The van der Waals surface area contributed by atoms with E-state index in [1.165, 1.54) is 4.68 Å². The van der Waals surface area contributed by atoms with Crippen molar-refractivity contribution < 1.29 is 8.42 Å². The second-order valence-electron chi connectivity index (χ2n) is 5.16. The molecular weight excluding hydrogens is 252 g/mol. The first kappa shape index (κ1) is 15.0. The van der Waals surface area contributed by atoms with Crippen LogP contribution in [-0.2, 0) is 17.1 Å². The second-order valence-corrected chi connectivity index (χ2v) is 6.78. The maximum Gasteiger partial charge on any atom is 0.246 e. The van der Waals surface area contributed by atoms with E-state index in [4.69, 9.17) is 5.73 Å². The number of aromatic nitrogens is 2. The summed E-state index contributed by atoms with van der Waals surface area (Å²) in [4.78, 5) is 0.0779. The topological polar surface area (TPSA) is 90.0 Å². The number of nitrogens with two attached hydrogens (primary N) is 1. The molecule has 1 aromatic heterocycles. The van der Waals surface area contributed by atoms with Gasteiger partial charge in [0.15, 0.2) is 5.82 Å². The number of hydrogen-bond donors (Lipinski definition) is 2. The molecule has 7 heteroatoms. The molecule has 0 bridgehead atoms. The molecule has 1 rings (SSSR count). The Morgan fingerprint density at radius 3 is 2.39 bits per heavy atom. The number of nitrogen functional groups attached to an aromatic ring is 1. The maximum absolute atomic E-state index is 12.3. The summed E-state index contributed by atoms with van der Waals surface area (Å²) in [5.41, 5.74) is 5.71. The summed E-state index contributed by atoms with van der Waals surface area (Å²) in [6.45, 7) is 7.41. The van der Waals surface area contributed by atoms with Crippen LogP contribution in [0, 0.1) is 6.92 Å². The lowest BCUT2D eigenvalue weighted by Gasteiger charge is -2.25. The van der Waals surface area contributed by atoms with Crippen LogP contribution in [0.1, 0.15) is 39.3 Å². The molecule has 6 nitrogen and oxygen atoms in total. The molecule has 0 saturated heterocycles. The molecule has 0 aliphatic rings. The largest absolute Gasteiger partial charge is 0.381 e. The van der Waals surface area contributed by atoms with Crippen molar-refractivity contribution in [1.29, 1.82) is 0 Å². The first-order valence-corrected chi connectivity index (χ1v) is 7.42. The van der Waals surface area contributed by atoms with Gasteiger partial charge < -0.3 is 5.73 Å². The maximum atomic E-state index is 12.3.